The molecule has 2 aromatic rings. The van der Waals surface area contributed by atoms with Crippen molar-refractivity contribution in [3.63, 3.8) is 0 Å². The number of esters is 1. The van der Waals surface area contributed by atoms with Crippen LogP contribution in [0.3, 0.4) is 0 Å². The fourth-order valence-electron chi connectivity index (χ4n) is 3.11. The van der Waals surface area contributed by atoms with Crippen LogP contribution in [-0.2, 0) is 22.5 Å². The number of hydrogen-bond donors (Lipinski definition) is 1. The molecule has 1 N–H and O–H groups in total. The van der Waals surface area contributed by atoms with E-state index in [9.17, 15) is 19.7 Å². The van der Waals surface area contributed by atoms with Crippen LogP contribution in [-0.4, -0.2) is 41.4 Å². The summed E-state index contributed by atoms with van der Waals surface area (Å²) in [5, 5.41) is 14.0. The van der Waals surface area contributed by atoms with Crippen LogP contribution < -0.4 is 5.32 Å². The molecule has 0 spiro atoms. The van der Waals surface area contributed by atoms with E-state index in [1.54, 1.807) is 6.07 Å². The van der Waals surface area contributed by atoms with E-state index < -0.39 is 16.8 Å². The van der Waals surface area contributed by atoms with Gasteiger partial charge in [0.2, 0.25) is 5.91 Å². The van der Waals surface area contributed by atoms with Gasteiger partial charge in [-0.15, -0.1) is 11.3 Å². The van der Waals surface area contributed by atoms with Crippen molar-refractivity contribution in [2.24, 2.45) is 0 Å². The van der Waals surface area contributed by atoms with Crippen LogP contribution in [0.5, 0.6) is 0 Å². The summed E-state index contributed by atoms with van der Waals surface area (Å²) >= 11 is 2.37. The van der Waals surface area contributed by atoms with E-state index >= 15 is 0 Å². The van der Waals surface area contributed by atoms with E-state index in [1.807, 2.05) is 0 Å². The molecule has 0 atom stereocenters. The van der Waals surface area contributed by atoms with Crippen LogP contribution in [0.1, 0.15) is 39.5 Å². The highest BCUT2D eigenvalue weighted by Gasteiger charge is 2.29. The highest BCUT2D eigenvalue weighted by molar-refractivity contribution is 7.17. The number of carbonyl (C=O) groups is 2. The molecule has 10 heteroatoms. The van der Waals surface area contributed by atoms with Crippen LogP contribution in [0.15, 0.2) is 18.2 Å². The molecule has 0 radical (unpaired) electrons. The Morgan fingerprint density at radius 3 is 2.72 bits per heavy atom. The number of rotatable bonds is 6. The molecule has 8 nitrogen and oxygen atoms in total. The first-order valence-electron chi connectivity index (χ1n) is 9.00. The van der Waals surface area contributed by atoms with Crippen LogP contribution in [0.25, 0.3) is 6.08 Å². The minimum atomic E-state index is -0.471. The van der Waals surface area contributed by atoms with Crippen molar-refractivity contribution in [3.05, 3.63) is 49.2 Å². The molecule has 3 rings (SSSR count). The average molecular weight is 436 g/mol. The van der Waals surface area contributed by atoms with E-state index in [4.69, 9.17) is 4.74 Å². The average Bonchev–Trinajstić information content (AvgIpc) is 3.29. The second-order valence-corrected chi connectivity index (χ2v) is 8.97. The molecule has 1 aliphatic rings. The van der Waals surface area contributed by atoms with Crippen molar-refractivity contribution < 1.29 is 19.2 Å². The van der Waals surface area contributed by atoms with Gasteiger partial charge in [0.25, 0.3) is 0 Å². The van der Waals surface area contributed by atoms with Gasteiger partial charge in [-0.05, 0) is 38.0 Å². The molecule has 0 unspecified atom stereocenters. The molecule has 0 aliphatic carbocycles. The number of nitro groups is 1. The maximum atomic E-state index is 12.4. The molecule has 1 amide bonds. The highest BCUT2D eigenvalue weighted by Crippen LogP contribution is 2.38. The van der Waals surface area contributed by atoms with Gasteiger partial charge in [0.1, 0.15) is 5.00 Å². The number of carbonyl (C=O) groups excluding carboxylic acids is 2. The number of nitrogens with zero attached hydrogens (tertiary/aromatic N) is 2. The predicted octanol–water partition coefficient (Wildman–Crippen LogP) is 3.92. The lowest BCUT2D eigenvalue weighted by Crippen LogP contribution is -2.35. The van der Waals surface area contributed by atoms with Crippen LogP contribution >= 0.6 is 22.7 Å². The maximum absolute atomic E-state index is 12.4. The van der Waals surface area contributed by atoms with Crippen molar-refractivity contribution in [1.29, 1.82) is 0 Å². The molecule has 0 bridgehead atoms. The fraction of sp³-hybridized carbons (Fsp3) is 0.368. The smallest absolute Gasteiger partial charge is 0.341 e. The predicted molar refractivity (Wildman–Crippen MR) is 114 cm³/mol. The number of anilines is 1. The number of hydrogen-bond acceptors (Lipinski definition) is 8. The summed E-state index contributed by atoms with van der Waals surface area (Å²) in [4.78, 5) is 39.0. The molecule has 0 saturated carbocycles. The summed E-state index contributed by atoms with van der Waals surface area (Å²) < 4.78 is 4.93. The van der Waals surface area contributed by atoms with Gasteiger partial charge in [0, 0.05) is 41.0 Å². The number of nitrogens with one attached hydrogen (secondary N) is 1. The van der Waals surface area contributed by atoms with Crippen LogP contribution in [0.2, 0.25) is 0 Å². The van der Waals surface area contributed by atoms with Gasteiger partial charge in [0.05, 0.1) is 17.6 Å². The quantitative estimate of drug-likeness (QED) is 0.319. The Kier molecular flexibility index (Phi) is 6.46. The molecule has 0 aromatic carbocycles. The Labute approximate surface area is 175 Å². The molecular formula is C19H21N3O5S2. The Morgan fingerprint density at radius 1 is 1.34 bits per heavy atom. The van der Waals surface area contributed by atoms with Gasteiger partial charge in [-0.3, -0.25) is 19.8 Å². The summed E-state index contributed by atoms with van der Waals surface area (Å²) in [6.45, 7) is 5.83. The Hall–Kier alpha value is -2.56. The number of ether oxygens (including phenoxy) is 1. The topological polar surface area (TPSA) is 102 Å². The second kappa shape index (κ2) is 8.85. The Bertz CT molecular complexity index is 977. The summed E-state index contributed by atoms with van der Waals surface area (Å²) in [6, 6.07) is 3.37. The summed E-state index contributed by atoms with van der Waals surface area (Å²) in [7, 11) is 1.32. The van der Waals surface area contributed by atoms with E-state index in [-0.39, 0.29) is 5.00 Å². The molecule has 2 aromatic heterocycles. The number of thiophene rings is 2. The molecule has 1 aliphatic heterocycles. The Balaban J connectivity index is 1.80. The zero-order valence-corrected chi connectivity index (χ0v) is 17.9. The lowest BCUT2D eigenvalue weighted by atomic mass is 10.0. The van der Waals surface area contributed by atoms with E-state index in [0.717, 1.165) is 41.3 Å². The lowest BCUT2D eigenvalue weighted by molar-refractivity contribution is -0.380. The third kappa shape index (κ3) is 4.72. The standard InChI is InChI=1S/C19H21N3O5S2/c1-11(2)21-9-8-13-14(10-21)29-18(17(13)19(24)27-3)20-15(23)6-4-12-5-7-16(28-12)22(25)26/h4-7,11H,8-10H2,1-3H3,(H,20,23). The molecule has 29 heavy (non-hydrogen) atoms. The van der Waals surface area contributed by atoms with E-state index in [0.29, 0.717) is 21.5 Å². The first-order chi connectivity index (χ1) is 13.8. The first kappa shape index (κ1) is 21.2. The number of amides is 1. The molecule has 0 saturated heterocycles. The van der Waals surface area contributed by atoms with Gasteiger partial charge in [-0.1, -0.05) is 11.3 Å². The van der Waals surface area contributed by atoms with Gasteiger partial charge < -0.3 is 10.1 Å². The SMILES string of the molecule is COC(=O)c1c(NC(=O)C=Cc2ccc([N+](=O)[O-])s2)sc2c1CCN(C(C)C)C2. The zero-order chi connectivity index (χ0) is 21.1. The molecular weight excluding hydrogens is 414 g/mol. The summed E-state index contributed by atoms with van der Waals surface area (Å²) in [6.07, 6.45) is 3.54. The van der Waals surface area contributed by atoms with Crippen molar-refractivity contribution in [3.8, 4) is 0 Å². The van der Waals surface area contributed by atoms with Crippen molar-refractivity contribution in [2.45, 2.75) is 32.9 Å². The fourth-order valence-corrected chi connectivity index (χ4v) is 5.10. The van der Waals surface area contributed by atoms with Gasteiger partial charge in [-0.2, -0.15) is 0 Å². The number of methoxy groups -OCH3 is 1. The summed E-state index contributed by atoms with van der Waals surface area (Å²) in [5.41, 5.74) is 1.36. The normalized spacial score (nSPS) is 14.2. The van der Waals surface area contributed by atoms with Crippen molar-refractivity contribution >= 4 is 50.6 Å². The monoisotopic (exact) mass is 435 g/mol. The van der Waals surface area contributed by atoms with Crippen molar-refractivity contribution in [2.75, 3.05) is 19.0 Å². The van der Waals surface area contributed by atoms with E-state index in [2.05, 4.69) is 24.1 Å². The van der Waals surface area contributed by atoms with Gasteiger partial charge in [0.15, 0.2) is 0 Å². The minimum Gasteiger partial charge on any atom is -0.465 e. The van der Waals surface area contributed by atoms with E-state index in [1.165, 1.54) is 36.7 Å². The van der Waals surface area contributed by atoms with Gasteiger partial charge >= 0.3 is 11.0 Å². The molecule has 0 fully saturated rings. The minimum absolute atomic E-state index is 0.0127. The summed E-state index contributed by atoms with van der Waals surface area (Å²) in [5.74, 6) is -0.876. The zero-order valence-electron chi connectivity index (χ0n) is 16.3. The second-order valence-electron chi connectivity index (χ2n) is 6.77. The molecule has 154 valence electrons. The highest BCUT2D eigenvalue weighted by atomic mass is 32.1. The Morgan fingerprint density at radius 2 is 2.10 bits per heavy atom. The first-order valence-corrected chi connectivity index (χ1v) is 10.6. The van der Waals surface area contributed by atoms with Crippen molar-refractivity contribution in [1.82, 2.24) is 4.90 Å². The maximum Gasteiger partial charge on any atom is 0.341 e. The molecule has 3 heterocycles. The largest absolute Gasteiger partial charge is 0.465 e. The number of fused-ring (bicyclic) bond motifs is 1. The third-order valence-electron chi connectivity index (χ3n) is 4.63. The van der Waals surface area contributed by atoms with Gasteiger partial charge in [-0.25, -0.2) is 4.79 Å². The lowest BCUT2D eigenvalue weighted by Gasteiger charge is -2.30. The van der Waals surface area contributed by atoms with Crippen LogP contribution in [0.4, 0.5) is 10.0 Å². The third-order valence-corrected chi connectivity index (χ3v) is 6.77. The van der Waals surface area contributed by atoms with Crippen LogP contribution in [0, 0.1) is 10.1 Å².